The minimum atomic E-state index is -3.83. The van der Waals surface area contributed by atoms with Crippen LogP contribution in [0.5, 0.6) is 0 Å². The van der Waals surface area contributed by atoms with Crippen LogP contribution in [0.4, 0.5) is 21.9 Å². The fraction of sp³-hybridized carbons (Fsp3) is 0. The first-order valence-electron chi connectivity index (χ1n) is 8.14. The van der Waals surface area contributed by atoms with E-state index in [0.29, 0.717) is 17.1 Å². The number of hydrogen-bond donors (Lipinski definition) is 4. The predicted molar refractivity (Wildman–Crippen MR) is 115 cm³/mol. The van der Waals surface area contributed by atoms with Gasteiger partial charge in [0.05, 0.1) is 11.4 Å². The lowest BCUT2D eigenvalue weighted by Gasteiger charge is -2.13. The number of hydrogen-bond acceptors (Lipinski definition) is 3. The Morgan fingerprint density at radius 1 is 0.821 bits per heavy atom. The summed E-state index contributed by atoms with van der Waals surface area (Å²) in [6.07, 6.45) is 0. The zero-order chi connectivity index (χ0) is 20.1. The largest absolute Gasteiger partial charge is 0.323 e. The number of amides is 2. The van der Waals surface area contributed by atoms with E-state index in [1.807, 2.05) is 36.4 Å². The molecule has 0 saturated carbocycles. The van der Waals surface area contributed by atoms with Gasteiger partial charge >= 0.3 is 6.03 Å². The molecule has 0 aromatic heterocycles. The standard InChI is InChI=1S/C19H17BrN4O3S/c20-16-6-2-4-8-18(16)23-19(25)22-17-7-3-1-5-15(17)13-9-11-14(12-10-13)24-28(21,26)27/h1-12,24H,(H2,21,26,27)(H2,22,23,25). The Bertz CT molecular complexity index is 1100. The maximum absolute atomic E-state index is 12.4. The number of nitrogens with two attached hydrogens (primary N) is 1. The molecule has 3 aromatic carbocycles. The van der Waals surface area contributed by atoms with E-state index in [1.54, 1.807) is 36.4 Å². The molecule has 0 aliphatic heterocycles. The monoisotopic (exact) mass is 460 g/mol. The number of carbonyl (C=O) groups excluding carboxylic acids is 1. The van der Waals surface area contributed by atoms with Crippen molar-refractivity contribution in [2.24, 2.45) is 5.14 Å². The molecule has 7 nitrogen and oxygen atoms in total. The SMILES string of the molecule is NS(=O)(=O)Nc1ccc(-c2ccccc2NC(=O)Nc2ccccc2Br)cc1. The summed E-state index contributed by atoms with van der Waals surface area (Å²) in [6, 6.07) is 20.9. The molecule has 0 aliphatic carbocycles. The maximum atomic E-state index is 12.4. The molecule has 0 aliphatic rings. The van der Waals surface area contributed by atoms with Crippen LogP contribution in [0.2, 0.25) is 0 Å². The molecule has 0 atom stereocenters. The number of urea groups is 1. The maximum Gasteiger partial charge on any atom is 0.323 e. The molecule has 0 spiro atoms. The molecule has 0 heterocycles. The highest BCUT2D eigenvalue weighted by atomic mass is 79.9. The van der Waals surface area contributed by atoms with E-state index in [0.717, 1.165) is 15.6 Å². The Labute approximate surface area is 171 Å². The summed E-state index contributed by atoms with van der Waals surface area (Å²) in [7, 11) is -3.83. The van der Waals surface area contributed by atoms with E-state index >= 15 is 0 Å². The molecule has 9 heteroatoms. The van der Waals surface area contributed by atoms with Crippen molar-refractivity contribution in [3.05, 3.63) is 77.3 Å². The second-order valence-electron chi connectivity index (χ2n) is 5.83. The van der Waals surface area contributed by atoms with Gasteiger partial charge in [0.2, 0.25) is 0 Å². The summed E-state index contributed by atoms with van der Waals surface area (Å²) in [4.78, 5) is 12.4. The van der Waals surface area contributed by atoms with Gasteiger partial charge in [-0.1, -0.05) is 42.5 Å². The van der Waals surface area contributed by atoms with Gasteiger partial charge in [-0.3, -0.25) is 4.72 Å². The number of carbonyl (C=O) groups is 1. The zero-order valence-electron chi connectivity index (χ0n) is 14.5. The highest BCUT2D eigenvalue weighted by molar-refractivity contribution is 9.10. The highest BCUT2D eigenvalue weighted by Gasteiger charge is 2.10. The van der Waals surface area contributed by atoms with E-state index < -0.39 is 10.2 Å². The first-order chi connectivity index (χ1) is 13.3. The van der Waals surface area contributed by atoms with Gasteiger partial charge in [-0.25, -0.2) is 9.93 Å². The Hall–Kier alpha value is -2.88. The first-order valence-corrected chi connectivity index (χ1v) is 10.5. The second kappa shape index (κ2) is 8.42. The molecule has 3 aromatic rings. The van der Waals surface area contributed by atoms with Crippen LogP contribution in [0.25, 0.3) is 11.1 Å². The van der Waals surface area contributed by atoms with Gasteiger partial charge in [-0.05, 0) is 51.8 Å². The predicted octanol–water partition coefficient (Wildman–Crippen LogP) is 4.38. The van der Waals surface area contributed by atoms with E-state index in [4.69, 9.17) is 5.14 Å². The Morgan fingerprint density at radius 3 is 2.04 bits per heavy atom. The number of anilines is 3. The molecule has 0 unspecified atom stereocenters. The number of halogens is 1. The van der Waals surface area contributed by atoms with Gasteiger partial charge in [0.15, 0.2) is 0 Å². The van der Waals surface area contributed by atoms with Crippen molar-refractivity contribution >= 4 is 49.2 Å². The molecule has 0 radical (unpaired) electrons. The highest BCUT2D eigenvalue weighted by Crippen LogP contribution is 2.29. The normalized spacial score (nSPS) is 10.9. The van der Waals surface area contributed by atoms with Gasteiger partial charge in [0.1, 0.15) is 0 Å². The summed E-state index contributed by atoms with van der Waals surface area (Å²) in [5.41, 5.74) is 3.20. The Balaban J connectivity index is 1.79. The van der Waals surface area contributed by atoms with Crippen LogP contribution >= 0.6 is 15.9 Å². The summed E-state index contributed by atoms with van der Waals surface area (Å²) in [5.74, 6) is 0. The molecule has 3 rings (SSSR count). The molecule has 0 fully saturated rings. The fourth-order valence-corrected chi connectivity index (χ4v) is 3.41. The topological polar surface area (TPSA) is 113 Å². The van der Waals surface area contributed by atoms with Crippen molar-refractivity contribution in [3.8, 4) is 11.1 Å². The lowest BCUT2D eigenvalue weighted by atomic mass is 10.0. The van der Waals surface area contributed by atoms with Crippen molar-refractivity contribution in [1.82, 2.24) is 0 Å². The summed E-state index contributed by atoms with van der Waals surface area (Å²) < 4.78 is 25.2. The average Bonchev–Trinajstić information content (AvgIpc) is 2.64. The molecule has 144 valence electrons. The van der Waals surface area contributed by atoms with Crippen LogP contribution in [0.15, 0.2) is 77.3 Å². The minimum absolute atomic E-state index is 0.350. The van der Waals surface area contributed by atoms with E-state index in [2.05, 4.69) is 31.3 Å². The third-order valence-corrected chi connectivity index (χ3v) is 4.97. The summed E-state index contributed by atoms with van der Waals surface area (Å²) in [5, 5.41) is 10.6. The lowest BCUT2D eigenvalue weighted by Crippen LogP contribution is -2.21. The molecule has 0 bridgehead atoms. The third-order valence-electron chi connectivity index (χ3n) is 3.75. The molecule has 5 N–H and O–H groups in total. The lowest BCUT2D eigenvalue weighted by molar-refractivity contribution is 0.262. The van der Waals surface area contributed by atoms with Crippen LogP contribution < -0.4 is 20.5 Å². The number of nitrogens with one attached hydrogen (secondary N) is 3. The fourth-order valence-electron chi connectivity index (χ4n) is 2.56. The minimum Gasteiger partial charge on any atom is -0.307 e. The van der Waals surface area contributed by atoms with Crippen molar-refractivity contribution < 1.29 is 13.2 Å². The van der Waals surface area contributed by atoms with Gasteiger partial charge < -0.3 is 10.6 Å². The summed E-state index contributed by atoms with van der Waals surface area (Å²) >= 11 is 3.39. The Kier molecular flexibility index (Phi) is 5.98. The van der Waals surface area contributed by atoms with E-state index in [1.165, 1.54) is 0 Å². The van der Waals surface area contributed by atoms with Gasteiger partial charge in [-0.2, -0.15) is 8.42 Å². The van der Waals surface area contributed by atoms with Gasteiger partial charge in [0.25, 0.3) is 10.2 Å². The second-order valence-corrected chi connectivity index (χ2v) is 7.98. The van der Waals surface area contributed by atoms with E-state index in [-0.39, 0.29) is 6.03 Å². The van der Waals surface area contributed by atoms with Crippen LogP contribution in [0.3, 0.4) is 0 Å². The number of para-hydroxylation sites is 2. The van der Waals surface area contributed by atoms with Gasteiger partial charge in [-0.15, -0.1) is 0 Å². The summed E-state index contributed by atoms with van der Waals surface area (Å²) in [6.45, 7) is 0. The number of benzene rings is 3. The first kappa shape index (κ1) is 19.9. The van der Waals surface area contributed by atoms with Crippen molar-refractivity contribution in [3.63, 3.8) is 0 Å². The molecular formula is C19H17BrN4O3S. The third kappa shape index (κ3) is 5.32. The molecule has 2 amide bonds. The van der Waals surface area contributed by atoms with Crippen LogP contribution in [0, 0.1) is 0 Å². The van der Waals surface area contributed by atoms with Crippen LogP contribution in [-0.4, -0.2) is 14.4 Å². The Morgan fingerprint density at radius 2 is 1.39 bits per heavy atom. The zero-order valence-corrected chi connectivity index (χ0v) is 16.9. The van der Waals surface area contributed by atoms with Crippen LogP contribution in [-0.2, 0) is 10.2 Å². The molecular weight excluding hydrogens is 444 g/mol. The van der Waals surface area contributed by atoms with Crippen molar-refractivity contribution in [2.75, 3.05) is 15.4 Å². The van der Waals surface area contributed by atoms with Crippen molar-refractivity contribution in [2.45, 2.75) is 0 Å². The van der Waals surface area contributed by atoms with E-state index in [9.17, 15) is 13.2 Å². The van der Waals surface area contributed by atoms with Gasteiger partial charge in [0, 0.05) is 15.7 Å². The average molecular weight is 461 g/mol. The number of rotatable bonds is 5. The smallest absolute Gasteiger partial charge is 0.307 e. The van der Waals surface area contributed by atoms with Crippen LogP contribution in [0.1, 0.15) is 0 Å². The van der Waals surface area contributed by atoms with Crippen molar-refractivity contribution in [1.29, 1.82) is 0 Å². The molecule has 28 heavy (non-hydrogen) atoms. The quantitative estimate of drug-likeness (QED) is 0.452. The molecule has 0 saturated heterocycles.